The molecule has 35 heavy (non-hydrogen) atoms. The van der Waals surface area contributed by atoms with Crippen molar-refractivity contribution in [2.24, 2.45) is 0 Å². The van der Waals surface area contributed by atoms with E-state index in [1.165, 1.54) is 7.11 Å². The molecule has 1 atom stereocenters. The third-order valence-electron chi connectivity index (χ3n) is 6.49. The summed E-state index contributed by atoms with van der Waals surface area (Å²) in [6.07, 6.45) is 0.606. The van der Waals surface area contributed by atoms with Gasteiger partial charge in [-0.25, -0.2) is 4.79 Å². The quantitative estimate of drug-likeness (QED) is 0.354. The van der Waals surface area contributed by atoms with Crippen LogP contribution in [0.25, 0.3) is 10.8 Å². The largest absolute Gasteiger partial charge is 0.504 e. The number of hydrogen-bond donors (Lipinski definition) is 1. The first-order valence-electron chi connectivity index (χ1n) is 11.3. The fourth-order valence-corrected chi connectivity index (χ4v) is 4.82. The zero-order valence-corrected chi connectivity index (χ0v) is 19.8. The summed E-state index contributed by atoms with van der Waals surface area (Å²) in [7, 11) is 4.74. The number of ether oxygens (including phenoxy) is 4. The predicted octanol–water partition coefficient (Wildman–Crippen LogP) is 5.62. The number of aromatic hydroxyl groups is 1. The lowest BCUT2D eigenvalue weighted by atomic mass is 9.87. The third-order valence-corrected chi connectivity index (χ3v) is 6.49. The highest BCUT2D eigenvalue weighted by Gasteiger charge is 2.34. The maximum Gasteiger partial charge on any atom is 0.339 e. The third kappa shape index (κ3) is 4.12. The van der Waals surface area contributed by atoms with Crippen molar-refractivity contribution in [3.63, 3.8) is 0 Å². The van der Waals surface area contributed by atoms with E-state index in [4.69, 9.17) is 18.9 Å². The van der Waals surface area contributed by atoms with E-state index >= 15 is 0 Å². The minimum atomic E-state index is -0.452. The summed E-state index contributed by atoms with van der Waals surface area (Å²) < 4.78 is 22.0. The maximum atomic E-state index is 13.0. The molecular weight excluding hydrogens is 444 g/mol. The van der Waals surface area contributed by atoms with Gasteiger partial charge in [-0.3, -0.25) is 0 Å². The molecule has 0 fully saturated rings. The van der Waals surface area contributed by atoms with Crippen molar-refractivity contribution in [2.45, 2.75) is 18.9 Å². The van der Waals surface area contributed by atoms with Crippen LogP contribution in [0, 0.1) is 0 Å². The van der Waals surface area contributed by atoms with Crippen LogP contribution in [0.4, 0.5) is 0 Å². The number of phenolic OH excluding ortho intramolecular Hbond substituents is 1. The second-order valence-electron chi connectivity index (χ2n) is 8.51. The van der Waals surface area contributed by atoms with Gasteiger partial charge in [0.1, 0.15) is 6.10 Å². The van der Waals surface area contributed by atoms with Crippen molar-refractivity contribution in [1.82, 2.24) is 0 Å². The SMILES string of the molecule is COc1cc(CC2OC(=O)c3cc4ccccc4c(Cc4ccc(OC)c(OC)c4)c32)ccc1O. The van der Waals surface area contributed by atoms with E-state index in [0.29, 0.717) is 35.7 Å². The first-order chi connectivity index (χ1) is 17.0. The van der Waals surface area contributed by atoms with Gasteiger partial charge in [-0.1, -0.05) is 36.4 Å². The molecule has 0 aliphatic carbocycles. The Hall–Kier alpha value is -4.19. The van der Waals surface area contributed by atoms with Gasteiger partial charge in [-0.15, -0.1) is 0 Å². The van der Waals surface area contributed by atoms with Crippen molar-refractivity contribution >= 4 is 16.7 Å². The Morgan fingerprint density at radius 2 is 1.54 bits per heavy atom. The molecule has 0 spiro atoms. The van der Waals surface area contributed by atoms with Crippen molar-refractivity contribution in [3.8, 4) is 23.0 Å². The summed E-state index contributed by atoms with van der Waals surface area (Å²) in [5.74, 6) is 1.45. The van der Waals surface area contributed by atoms with Crippen LogP contribution in [0.15, 0.2) is 66.7 Å². The molecule has 1 N–H and O–H groups in total. The van der Waals surface area contributed by atoms with Crippen LogP contribution in [0.5, 0.6) is 23.0 Å². The molecule has 1 heterocycles. The van der Waals surface area contributed by atoms with E-state index in [9.17, 15) is 9.90 Å². The topological polar surface area (TPSA) is 74.2 Å². The first-order valence-corrected chi connectivity index (χ1v) is 11.3. The summed E-state index contributed by atoms with van der Waals surface area (Å²) in [6.45, 7) is 0. The van der Waals surface area contributed by atoms with Gasteiger partial charge in [0.2, 0.25) is 0 Å². The number of carbonyl (C=O) groups excluding carboxylic acids is 1. The summed E-state index contributed by atoms with van der Waals surface area (Å²) >= 11 is 0. The van der Waals surface area contributed by atoms with Gasteiger partial charge in [0.05, 0.1) is 26.9 Å². The Morgan fingerprint density at radius 1 is 0.829 bits per heavy atom. The summed E-state index contributed by atoms with van der Waals surface area (Å²) in [5.41, 5.74) is 4.47. The van der Waals surface area contributed by atoms with Gasteiger partial charge in [0.25, 0.3) is 0 Å². The van der Waals surface area contributed by atoms with Crippen molar-refractivity contribution in [3.05, 3.63) is 94.5 Å². The molecule has 178 valence electrons. The van der Waals surface area contributed by atoms with Gasteiger partial charge in [-0.2, -0.15) is 0 Å². The zero-order valence-electron chi connectivity index (χ0n) is 19.8. The summed E-state index contributed by atoms with van der Waals surface area (Å²) in [6, 6.07) is 21.0. The smallest absolute Gasteiger partial charge is 0.339 e. The molecule has 4 aromatic carbocycles. The van der Waals surface area contributed by atoms with Crippen LogP contribution < -0.4 is 14.2 Å². The van der Waals surface area contributed by atoms with Crippen LogP contribution in [0.3, 0.4) is 0 Å². The molecule has 0 bridgehead atoms. The van der Waals surface area contributed by atoms with Crippen molar-refractivity contribution in [2.75, 3.05) is 21.3 Å². The summed E-state index contributed by atoms with van der Waals surface area (Å²) in [4.78, 5) is 13.0. The number of carbonyl (C=O) groups is 1. The number of phenols is 1. The number of esters is 1. The van der Waals surface area contributed by atoms with E-state index in [1.54, 1.807) is 26.4 Å². The number of rotatable bonds is 7. The van der Waals surface area contributed by atoms with E-state index in [-0.39, 0.29) is 11.7 Å². The fourth-order valence-electron chi connectivity index (χ4n) is 4.82. The number of fused-ring (bicyclic) bond motifs is 2. The predicted molar refractivity (Wildman–Crippen MR) is 133 cm³/mol. The zero-order chi connectivity index (χ0) is 24.5. The second kappa shape index (κ2) is 9.22. The molecule has 6 nitrogen and oxygen atoms in total. The Kier molecular flexibility index (Phi) is 5.95. The molecule has 0 saturated carbocycles. The fraction of sp³-hybridized carbons (Fsp3) is 0.207. The lowest BCUT2D eigenvalue weighted by Crippen LogP contribution is -2.06. The van der Waals surface area contributed by atoms with E-state index in [1.807, 2.05) is 48.5 Å². The van der Waals surface area contributed by atoms with Crippen LogP contribution in [0.1, 0.15) is 38.7 Å². The molecule has 4 aromatic rings. The molecule has 0 saturated heterocycles. The summed E-state index contributed by atoms with van der Waals surface area (Å²) in [5, 5.41) is 12.0. The molecule has 1 aliphatic heterocycles. The molecule has 5 rings (SSSR count). The normalized spacial score (nSPS) is 14.5. The van der Waals surface area contributed by atoms with Gasteiger partial charge in [-0.05, 0) is 64.2 Å². The molecule has 6 heteroatoms. The van der Waals surface area contributed by atoms with E-state index in [0.717, 1.165) is 33.0 Å². The van der Waals surface area contributed by atoms with Crippen molar-refractivity contribution in [1.29, 1.82) is 0 Å². The van der Waals surface area contributed by atoms with E-state index < -0.39 is 6.10 Å². The molecule has 1 unspecified atom stereocenters. The minimum Gasteiger partial charge on any atom is -0.504 e. The van der Waals surface area contributed by atoms with E-state index in [2.05, 4.69) is 6.07 Å². The average Bonchev–Trinajstić information content (AvgIpc) is 3.19. The molecule has 0 aromatic heterocycles. The molecule has 1 aliphatic rings. The van der Waals surface area contributed by atoms with Crippen LogP contribution in [0.2, 0.25) is 0 Å². The van der Waals surface area contributed by atoms with Gasteiger partial charge >= 0.3 is 5.97 Å². The Labute approximate surface area is 203 Å². The molecular formula is C29H26O6. The Morgan fingerprint density at radius 3 is 2.31 bits per heavy atom. The monoisotopic (exact) mass is 470 g/mol. The van der Waals surface area contributed by atoms with Crippen LogP contribution in [-0.4, -0.2) is 32.4 Å². The standard InChI is InChI=1S/C29H26O6/c1-32-24-11-9-17(14-26(24)34-3)12-21-20-7-5-4-6-19(20)16-22-28(21)27(35-29(22)31)15-18-8-10-23(30)25(13-18)33-2/h4-11,13-14,16,27,30H,12,15H2,1-3H3. The lowest BCUT2D eigenvalue weighted by Gasteiger charge is -2.18. The number of hydrogen-bond acceptors (Lipinski definition) is 6. The van der Waals surface area contributed by atoms with Gasteiger partial charge in [0, 0.05) is 12.0 Å². The number of cyclic esters (lactones) is 1. The molecule has 0 radical (unpaired) electrons. The Bertz CT molecular complexity index is 1420. The maximum absolute atomic E-state index is 13.0. The van der Waals surface area contributed by atoms with Crippen LogP contribution >= 0.6 is 0 Å². The van der Waals surface area contributed by atoms with Gasteiger partial charge in [0.15, 0.2) is 23.0 Å². The second-order valence-corrected chi connectivity index (χ2v) is 8.51. The highest BCUT2D eigenvalue weighted by molar-refractivity contribution is 6.01. The highest BCUT2D eigenvalue weighted by Crippen LogP contribution is 2.42. The number of methoxy groups -OCH3 is 3. The van der Waals surface area contributed by atoms with Crippen LogP contribution in [-0.2, 0) is 17.6 Å². The average molecular weight is 471 g/mol. The lowest BCUT2D eigenvalue weighted by molar-refractivity contribution is 0.0386. The first kappa shape index (κ1) is 22.6. The minimum absolute atomic E-state index is 0.0696. The Balaban J connectivity index is 1.62. The highest BCUT2D eigenvalue weighted by atomic mass is 16.5. The number of benzene rings is 4. The van der Waals surface area contributed by atoms with Gasteiger partial charge < -0.3 is 24.1 Å². The van der Waals surface area contributed by atoms with Crippen molar-refractivity contribution < 1.29 is 28.8 Å². The molecule has 0 amide bonds.